The molecular formula is C20H23N. The van der Waals surface area contributed by atoms with E-state index >= 15 is 0 Å². The quantitative estimate of drug-likeness (QED) is 0.625. The average Bonchev–Trinajstić information content (AvgIpc) is 2.50. The number of allylic oxidation sites excluding steroid dienone is 1. The Balaban J connectivity index is 2.69. The first-order chi connectivity index (χ1) is 10.1. The van der Waals surface area contributed by atoms with Gasteiger partial charge >= 0.3 is 0 Å². The maximum atomic E-state index is 4.76. The summed E-state index contributed by atoms with van der Waals surface area (Å²) >= 11 is 0. The third kappa shape index (κ3) is 3.13. The fourth-order valence-corrected chi connectivity index (χ4v) is 2.59. The molecule has 108 valence electrons. The van der Waals surface area contributed by atoms with E-state index in [1.807, 2.05) is 6.92 Å². The summed E-state index contributed by atoms with van der Waals surface area (Å²) in [6, 6.07) is 12.9. The van der Waals surface area contributed by atoms with Crippen LogP contribution in [-0.4, -0.2) is 5.71 Å². The molecule has 2 aromatic rings. The number of benzene rings is 2. The number of hydrogen-bond donors (Lipinski definition) is 0. The van der Waals surface area contributed by atoms with Crippen molar-refractivity contribution in [3.8, 4) is 11.1 Å². The predicted octanol–water partition coefficient (Wildman–Crippen LogP) is 5.81. The summed E-state index contributed by atoms with van der Waals surface area (Å²) in [7, 11) is 0. The van der Waals surface area contributed by atoms with Gasteiger partial charge in [0.25, 0.3) is 0 Å². The highest BCUT2D eigenvalue weighted by Gasteiger charge is 2.11. The van der Waals surface area contributed by atoms with Crippen molar-refractivity contribution in [2.75, 3.05) is 0 Å². The number of hydrogen-bond acceptors (Lipinski definition) is 1. The van der Waals surface area contributed by atoms with Gasteiger partial charge in [-0.15, -0.1) is 0 Å². The Bertz CT molecular complexity index is 693. The first kappa shape index (κ1) is 15.2. The minimum absolute atomic E-state index is 0.953. The number of aryl methyl sites for hydroxylation is 2. The topological polar surface area (TPSA) is 12.4 Å². The molecule has 0 heterocycles. The van der Waals surface area contributed by atoms with Crippen LogP contribution < -0.4 is 0 Å². The highest BCUT2D eigenvalue weighted by Crippen LogP contribution is 2.35. The molecule has 0 radical (unpaired) electrons. The van der Waals surface area contributed by atoms with Crippen LogP contribution in [-0.2, 0) is 6.42 Å². The molecule has 0 aliphatic carbocycles. The minimum Gasteiger partial charge on any atom is -0.253 e. The van der Waals surface area contributed by atoms with Gasteiger partial charge in [-0.05, 0) is 61.1 Å². The van der Waals surface area contributed by atoms with E-state index in [0.29, 0.717) is 0 Å². The van der Waals surface area contributed by atoms with E-state index in [2.05, 4.69) is 63.7 Å². The molecule has 0 unspecified atom stereocenters. The molecule has 0 aromatic heterocycles. The van der Waals surface area contributed by atoms with E-state index in [1.165, 1.54) is 27.8 Å². The van der Waals surface area contributed by atoms with E-state index in [1.54, 1.807) is 6.08 Å². The fraction of sp³-hybridized carbons (Fsp3) is 0.250. The highest BCUT2D eigenvalue weighted by atomic mass is 14.7. The lowest BCUT2D eigenvalue weighted by molar-refractivity contribution is 1.12. The predicted molar refractivity (Wildman–Crippen MR) is 93.7 cm³/mol. The summed E-state index contributed by atoms with van der Waals surface area (Å²) in [5, 5.41) is 0. The summed E-state index contributed by atoms with van der Waals surface area (Å²) in [6.07, 6.45) is 2.79. The highest BCUT2D eigenvalue weighted by molar-refractivity contribution is 5.95. The van der Waals surface area contributed by atoms with Crippen LogP contribution in [0.2, 0.25) is 0 Å². The normalized spacial score (nSPS) is 11.5. The molecule has 1 heteroatoms. The smallest absolute Gasteiger partial charge is 0.0700 e. The largest absolute Gasteiger partial charge is 0.253 e. The van der Waals surface area contributed by atoms with Gasteiger partial charge in [0.1, 0.15) is 0 Å². The van der Waals surface area contributed by atoms with Crippen molar-refractivity contribution in [3.63, 3.8) is 0 Å². The van der Waals surface area contributed by atoms with Crippen molar-refractivity contribution < 1.29 is 0 Å². The van der Waals surface area contributed by atoms with Gasteiger partial charge in [0.2, 0.25) is 0 Å². The van der Waals surface area contributed by atoms with Crippen LogP contribution in [0.3, 0.4) is 0 Å². The molecule has 0 amide bonds. The summed E-state index contributed by atoms with van der Waals surface area (Å²) < 4.78 is 0. The van der Waals surface area contributed by atoms with Crippen molar-refractivity contribution in [1.82, 2.24) is 0 Å². The molecule has 2 aromatic carbocycles. The molecule has 1 nitrogen and oxygen atoms in total. The Labute approximate surface area is 128 Å². The second kappa shape index (κ2) is 6.53. The van der Waals surface area contributed by atoms with Crippen LogP contribution in [0.4, 0.5) is 5.69 Å². The molecule has 0 N–H and O–H groups in total. The van der Waals surface area contributed by atoms with Gasteiger partial charge in [-0.25, -0.2) is 0 Å². The van der Waals surface area contributed by atoms with Crippen LogP contribution in [0.15, 0.2) is 54.0 Å². The third-order valence-corrected chi connectivity index (χ3v) is 3.91. The maximum absolute atomic E-state index is 4.76. The molecule has 0 fully saturated rings. The fourth-order valence-electron chi connectivity index (χ4n) is 2.59. The third-order valence-electron chi connectivity index (χ3n) is 3.91. The Morgan fingerprint density at radius 3 is 2.43 bits per heavy atom. The molecule has 21 heavy (non-hydrogen) atoms. The monoisotopic (exact) mass is 277 g/mol. The lowest BCUT2D eigenvalue weighted by Crippen LogP contribution is -1.93. The Hall–Kier alpha value is -2.15. The van der Waals surface area contributed by atoms with Gasteiger partial charge in [-0.1, -0.05) is 49.9 Å². The van der Waals surface area contributed by atoms with Crippen molar-refractivity contribution in [2.24, 2.45) is 4.99 Å². The lowest BCUT2D eigenvalue weighted by atomic mass is 9.93. The van der Waals surface area contributed by atoms with Crippen LogP contribution in [0.1, 0.15) is 30.5 Å². The summed E-state index contributed by atoms with van der Waals surface area (Å²) in [6.45, 7) is 12.3. The summed E-state index contributed by atoms with van der Waals surface area (Å²) in [5.41, 5.74) is 8.41. The average molecular weight is 277 g/mol. The number of rotatable bonds is 4. The zero-order chi connectivity index (χ0) is 15.4. The summed E-state index contributed by atoms with van der Waals surface area (Å²) in [4.78, 5) is 4.76. The first-order valence-electron chi connectivity index (χ1n) is 7.44. The van der Waals surface area contributed by atoms with Gasteiger partial charge in [0.15, 0.2) is 0 Å². The molecule has 0 saturated heterocycles. The zero-order valence-corrected chi connectivity index (χ0v) is 13.4. The van der Waals surface area contributed by atoms with Gasteiger partial charge in [-0.3, -0.25) is 4.99 Å². The molecular weight excluding hydrogens is 254 g/mol. The van der Waals surface area contributed by atoms with E-state index in [9.17, 15) is 0 Å². The van der Waals surface area contributed by atoms with Gasteiger partial charge in [0.05, 0.1) is 5.69 Å². The van der Waals surface area contributed by atoms with Gasteiger partial charge < -0.3 is 0 Å². The SMILES string of the molecule is C=C/C(C)=N\c1c(CC)ccc(-c2ccccc2C)c1C. The standard InChI is InChI=1S/C20H23N/c1-6-15(4)21-20-16(5)19(13-12-17(20)7-2)18-11-9-8-10-14(18)3/h6,8-13H,1,7H2,2-5H3/b21-15-. The van der Waals surface area contributed by atoms with Crippen molar-refractivity contribution in [2.45, 2.75) is 34.1 Å². The Morgan fingerprint density at radius 1 is 1.10 bits per heavy atom. The Morgan fingerprint density at radius 2 is 1.81 bits per heavy atom. The number of aliphatic imine (C=N–C) groups is 1. The van der Waals surface area contributed by atoms with E-state index in [4.69, 9.17) is 4.99 Å². The van der Waals surface area contributed by atoms with Crippen molar-refractivity contribution in [1.29, 1.82) is 0 Å². The van der Waals surface area contributed by atoms with E-state index in [0.717, 1.165) is 17.8 Å². The number of nitrogens with zero attached hydrogens (tertiary/aromatic N) is 1. The molecule has 0 spiro atoms. The Kier molecular flexibility index (Phi) is 4.74. The molecule has 0 bridgehead atoms. The van der Waals surface area contributed by atoms with Crippen LogP contribution in [0, 0.1) is 13.8 Å². The van der Waals surface area contributed by atoms with Crippen LogP contribution in [0.5, 0.6) is 0 Å². The minimum atomic E-state index is 0.953. The lowest BCUT2D eigenvalue weighted by Gasteiger charge is -2.15. The summed E-state index contributed by atoms with van der Waals surface area (Å²) in [5.74, 6) is 0. The van der Waals surface area contributed by atoms with Crippen LogP contribution in [0.25, 0.3) is 11.1 Å². The van der Waals surface area contributed by atoms with Crippen LogP contribution >= 0.6 is 0 Å². The van der Waals surface area contributed by atoms with E-state index < -0.39 is 0 Å². The molecule has 0 aliphatic rings. The van der Waals surface area contributed by atoms with Gasteiger partial charge in [-0.2, -0.15) is 0 Å². The zero-order valence-electron chi connectivity index (χ0n) is 13.4. The van der Waals surface area contributed by atoms with Crippen molar-refractivity contribution in [3.05, 3.63) is 65.7 Å². The molecule has 0 saturated carbocycles. The second-order valence-corrected chi connectivity index (χ2v) is 5.37. The van der Waals surface area contributed by atoms with E-state index in [-0.39, 0.29) is 0 Å². The molecule has 0 aliphatic heterocycles. The maximum Gasteiger partial charge on any atom is 0.0700 e. The second-order valence-electron chi connectivity index (χ2n) is 5.37. The van der Waals surface area contributed by atoms with Gasteiger partial charge in [0, 0.05) is 5.71 Å². The van der Waals surface area contributed by atoms with Crippen molar-refractivity contribution >= 4 is 11.4 Å². The molecule has 0 atom stereocenters. The molecule has 2 rings (SSSR count). The first-order valence-corrected chi connectivity index (χ1v) is 7.44.